The van der Waals surface area contributed by atoms with Gasteiger partial charge >= 0.3 is 0 Å². The molecule has 0 radical (unpaired) electrons. The van der Waals surface area contributed by atoms with Crippen LogP contribution in [0.2, 0.25) is 0 Å². The van der Waals surface area contributed by atoms with Gasteiger partial charge in [0, 0.05) is 12.4 Å². The van der Waals surface area contributed by atoms with Crippen molar-refractivity contribution in [3.63, 3.8) is 0 Å². The van der Waals surface area contributed by atoms with Crippen molar-refractivity contribution < 1.29 is 8.42 Å². The quantitative estimate of drug-likeness (QED) is 0.696. The van der Waals surface area contributed by atoms with Crippen LogP contribution in [-0.4, -0.2) is 20.8 Å². The molecule has 1 N–H and O–H groups in total. The molecule has 0 atom stereocenters. The van der Waals surface area contributed by atoms with Crippen molar-refractivity contribution >= 4 is 21.6 Å². The Balaban J connectivity index is 2.68. The Morgan fingerprint density at radius 2 is 1.81 bits per heavy atom. The molecule has 0 unspecified atom stereocenters. The lowest BCUT2D eigenvalue weighted by Crippen LogP contribution is -2.34. The van der Waals surface area contributed by atoms with Gasteiger partial charge in [0.25, 0.3) is 0 Å². The van der Waals surface area contributed by atoms with Crippen molar-refractivity contribution in [2.75, 3.05) is 12.4 Å². The normalized spacial score (nSPS) is 12.6. The van der Waals surface area contributed by atoms with Crippen LogP contribution >= 0.6 is 11.6 Å². The molecular weight excluding hydrogens is 306 g/mol. The fraction of sp³-hybridized carbons (Fsp3) is 0.625. The van der Waals surface area contributed by atoms with E-state index in [2.05, 4.69) is 11.6 Å². The fourth-order valence-corrected chi connectivity index (χ4v) is 3.51. The molecule has 120 valence electrons. The minimum absolute atomic E-state index is 0.0931. The highest BCUT2D eigenvalue weighted by atomic mass is 35.5. The third-order valence-electron chi connectivity index (χ3n) is 3.50. The molecule has 0 spiro atoms. The molecule has 0 fully saturated rings. The summed E-state index contributed by atoms with van der Waals surface area (Å²) >= 11 is 5.70. The lowest BCUT2D eigenvalue weighted by molar-refractivity contribution is 0.331. The fourth-order valence-electron chi connectivity index (χ4n) is 2.13. The Morgan fingerprint density at radius 1 is 1.19 bits per heavy atom. The molecule has 1 aromatic carbocycles. The van der Waals surface area contributed by atoms with Crippen LogP contribution in [-0.2, 0) is 16.4 Å². The number of benzene rings is 1. The van der Waals surface area contributed by atoms with Gasteiger partial charge < -0.3 is 0 Å². The Hall–Kier alpha value is -0.580. The summed E-state index contributed by atoms with van der Waals surface area (Å²) in [5, 5.41) is 0. The molecule has 1 aromatic rings. The van der Waals surface area contributed by atoms with E-state index in [0.717, 1.165) is 25.7 Å². The molecule has 5 heteroatoms. The summed E-state index contributed by atoms with van der Waals surface area (Å²) in [6, 6.07) is 7.13. The van der Waals surface area contributed by atoms with Crippen molar-refractivity contribution in [1.82, 2.24) is 4.72 Å². The first-order valence-electron chi connectivity index (χ1n) is 7.45. The second kappa shape index (κ2) is 8.16. The van der Waals surface area contributed by atoms with E-state index in [4.69, 9.17) is 11.6 Å². The summed E-state index contributed by atoms with van der Waals surface area (Å²) in [5.74, 6) is 0.606. The van der Waals surface area contributed by atoms with Crippen LogP contribution in [0.4, 0.5) is 0 Å². The largest absolute Gasteiger partial charge is 0.240 e. The average molecular weight is 332 g/mol. The zero-order valence-electron chi connectivity index (χ0n) is 13.2. The number of hydrogen-bond acceptors (Lipinski definition) is 2. The smallest absolute Gasteiger partial charge is 0.211 e. The summed E-state index contributed by atoms with van der Waals surface area (Å²) < 4.78 is 27.3. The third kappa shape index (κ3) is 6.37. The molecule has 0 amide bonds. The van der Waals surface area contributed by atoms with Crippen molar-refractivity contribution in [2.24, 2.45) is 5.41 Å². The second-order valence-corrected chi connectivity index (χ2v) is 8.32. The summed E-state index contributed by atoms with van der Waals surface area (Å²) in [5.41, 5.74) is 1.07. The highest BCUT2D eigenvalue weighted by Crippen LogP contribution is 2.22. The predicted molar refractivity (Wildman–Crippen MR) is 89.4 cm³/mol. The van der Waals surface area contributed by atoms with Crippen molar-refractivity contribution in [3.8, 4) is 0 Å². The molecule has 21 heavy (non-hydrogen) atoms. The summed E-state index contributed by atoms with van der Waals surface area (Å²) in [4.78, 5) is 0.329. The standard InChI is InChI=1S/C16H26ClNO2S/c1-4-6-14-7-9-15(10-8-14)21(19,20)18-13-16(2,3)11-5-12-17/h7-10,18H,4-6,11-13H2,1-3H3. The van der Waals surface area contributed by atoms with Crippen LogP contribution in [0, 0.1) is 5.41 Å². The van der Waals surface area contributed by atoms with Gasteiger partial charge in [0.2, 0.25) is 10.0 Å². The first-order valence-corrected chi connectivity index (χ1v) is 9.47. The van der Waals surface area contributed by atoms with E-state index in [-0.39, 0.29) is 5.41 Å². The maximum Gasteiger partial charge on any atom is 0.240 e. The van der Waals surface area contributed by atoms with Gasteiger partial charge in [0.1, 0.15) is 0 Å². The van der Waals surface area contributed by atoms with Gasteiger partial charge in [-0.2, -0.15) is 0 Å². The SMILES string of the molecule is CCCc1ccc(S(=O)(=O)NCC(C)(C)CCCCl)cc1. The minimum Gasteiger partial charge on any atom is -0.211 e. The second-order valence-electron chi connectivity index (χ2n) is 6.18. The first-order chi connectivity index (χ1) is 9.80. The van der Waals surface area contributed by atoms with E-state index >= 15 is 0 Å². The van der Waals surface area contributed by atoms with Crippen molar-refractivity contribution in [1.29, 1.82) is 0 Å². The summed E-state index contributed by atoms with van der Waals surface area (Å²) in [6.45, 7) is 6.62. The predicted octanol–water partition coefficient (Wildman–Crippen LogP) is 3.96. The zero-order chi connectivity index (χ0) is 15.9. The van der Waals surface area contributed by atoms with Gasteiger partial charge in [-0.1, -0.05) is 39.3 Å². The van der Waals surface area contributed by atoms with Gasteiger partial charge in [-0.05, 0) is 42.4 Å². The van der Waals surface area contributed by atoms with Crippen molar-refractivity contribution in [3.05, 3.63) is 29.8 Å². The molecule has 0 aliphatic carbocycles. The molecule has 0 aliphatic rings. The molecular formula is C16H26ClNO2S. The van der Waals surface area contributed by atoms with Crippen LogP contribution in [0.5, 0.6) is 0 Å². The van der Waals surface area contributed by atoms with E-state index in [1.165, 1.54) is 5.56 Å². The van der Waals surface area contributed by atoms with Crippen LogP contribution in [0.25, 0.3) is 0 Å². The number of alkyl halides is 1. The lowest BCUT2D eigenvalue weighted by atomic mass is 9.88. The molecule has 0 bridgehead atoms. The molecule has 0 aromatic heterocycles. The highest BCUT2D eigenvalue weighted by molar-refractivity contribution is 7.89. The monoisotopic (exact) mass is 331 g/mol. The number of halogens is 1. The minimum atomic E-state index is -3.43. The first kappa shape index (κ1) is 18.5. The molecule has 0 saturated heterocycles. The molecule has 3 nitrogen and oxygen atoms in total. The number of hydrogen-bond donors (Lipinski definition) is 1. The lowest BCUT2D eigenvalue weighted by Gasteiger charge is -2.24. The van der Waals surface area contributed by atoms with E-state index in [1.807, 2.05) is 26.0 Å². The molecule has 0 heterocycles. The number of sulfonamides is 1. The Bertz CT molecular complexity index is 524. The van der Waals surface area contributed by atoms with Gasteiger partial charge in [-0.25, -0.2) is 13.1 Å². The van der Waals surface area contributed by atoms with Gasteiger partial charge in [-0.15, -0.1) is 11.6 Å². The Morgan fingerprint density at radius 3 is 2.33 bits per heavy atom. The summed E-state index contributed by atoms with van der Waals surface area (Å²) in [7, 11) is -3.43. The van der Waals surface area contributed by atoms with E-state index in [0.29, 0.717) is 17.3 Å². The number of nitrogens with one attached hydrogen (secondary N) is 1. The van der Waals surface area contributed by atoms with Crippen LogP contribution in [0.1, 0.15) is 45.6 Å². The van der Waals surface area contributed by atoms with Gasteiger partial charge in [0.15, 0.2) is 0 Å². The Labute approximate surface area is 134 Å². The van der Waals surface area contributed by atoms with Gasteiger partial charge in [-0.3, -0.25) is 0 Å². The third-order valence-corrected chi connectivity index (χ3v) is 5.18. The van der Waals surface area contributed by atoms with E-state index < -0.39 is 10.0 Å². The number of aryl methyl sites for hydroxylation is 1. The maximum absolute atomic E-state index is 12.3. The van der Waals surface area contributed by atoms with Crippen LogP contribution < -0.4 is 4.72 Å². The Kier molecular flexibility index (Phi) is 7.17. The molecule has 0 aliphatic heterocycles. The molecule has 1 rings (SSSR count). The average Bonchev–Trinajstić information content (AvgIpc) is 2.44. The number of rotatable bonds is 9. The van der Waals surface area contributed by atoms with Crippen LogP contribution in [0.15, 0.2) is 29.2 Å². The zero-order valence-corrected chi connectivity index (χ0v) is 14.7. The van der Waals surface area contributed by atoms with E-state index in [9.17, 15) is 8.42 Å². The topological polar surface area (TPSA) is 46.2 Å². The van der Waals surface area contributed by atoms with Gasteiger partial charge in [0.05, 0.1) is 4.90 Å². The van der Waals surface area contributed by atoms with E-state index in [1.54, 1.807) is 12.1 Å². The summed E-state index contributed by atoms with van der Waals surface area (Å²) in [6.07, 6.45) is 3.81. The van der Waals surface area contributed by atoms with Crippen LogP contribution in [0.3, 0.4) is 0 Å². The highest BCUT2D eigenvalue weighted by Gasteiger charge is 2.21. The van der Waals surface area contributed by atoms with Crippen molar-refractivity contribution in [2.45, 2.75) is 51.3 Å². The molecule has 0 saturated carbocycles. The maximum atomic E-state index is 12.3.